The summed E-state index contributed by atoms with van der Waals surface area (Å²) in [5, 5.41) is 0. The molecule has 0 aliphatic carbocycles. The van der Waals surface area contributed by atoms with Crippen LogP contribution < -0.4 is 4.74 Å². The second-order valence-electron chi connectivity index (χ2n) is 6.57. The molecule has 5 heteroatoms. The quantitative estimate of drug-likeness (QED) is 0.717. The molecule has 0 saturated carbocycles. The van der Waals surface area contributed by atoms with Gasteiger partial charge in [-0.1, -0.05) is 18.2 Å². The third kappa shape index (κ3) is 4.71. The van der Waals surface area contributed by atoms with E-state index in [9.17, 15) is 4.79 Å². The summed E-state index contributed by atoms with van der Waals surface area (Å²) < 4.78 is 10.5. The Bertz CT molecular complexity index is 523. The van der Waals surface area contributed by atoms with Crippen LogP contribution in [-0.2, 0) is 16.0 Å². The van der Waals surface area contributed by atoms with Crippen molar-refractivity contribution in [1.82, 2.24) is 9.80 Å². The molecule has 5 nitrogen and oxygen atoms in total. The summed E-state index contributed by atoms with van der Waals surface area (Å²) in [4.78, 5) is 17.2. The van der Waals surface area contributed by atoms with E-state index < -0.39 is 0 Å². The molecule has 134 valence electrons. The Balaban J connectivity index is 1.94. The fourth-order valence-corrected chi connectivity index (χ4v) is 3.52. The normalized spacial score (nSPS) is 21.8. The monoisotopic (exact) mass is 334 g/mol. The maximum atomic E-state index is 12.7. The molecular weight excluding hydrogens is 304 g/mol. The van der Waals surface area contributed by atoms with Gasteiger partial charge in [0.25, 0.3) is 0 Å². The second-order valence-corrected chi connectivity index (χ2v) is 6.57. The van der Waals surface area contributed by atoms with Gasteiger partial charge in [-0.05, 0) is 26.3 Å². The SMILES string of the molecule is COCCCN1C(C)CN(C(=O)Cc2ccccc2OC)CC1C. The van der Waals surface area contributed by atoms with E-state index >= 15 is 0 Å². The Morgan fingerprint density at radius 3 is 2.46 bits per heavy atom. The Hall–Kier alpha value is -1.59. The van der Waals surface area contributed by atoms with Crippen molar-refractivity contribution in [2.45, 2.75) is 38.8 Å². The highest BCUT2D eigenvalue weighted by Crippen LogP contribution is 2.21. The summed E-state index contributed by atoms with van der Waals surface area (Å²) in [6.45, 7) is 7.77. The number of carbonyl (C=O) groups is 1. The number of benzene rings is 1. The van der Waals surface area contributed by atoms with Crippen molar-refractivity contribution in [3.05, 3.63) is 29.8 Å². The van der Waals surface area contributed by atoms with Gasteiger partial charge >= 0.3 is 0 Å². The standard InChI is InChI=1S/C19H30N2O3/c1-15-13-20(14-16(2)21(15)10-7-11-23-3)19(22)12-17-8-5-6-9-18(17)24-4/h5-6,8-9,15-16H,7,10-14H2,1-4H3. The molecule has 2 rings (SSSR count). The van der Waals surface area contributed by atoms with Gasteiger partial charge in [-0.25, -0.2) is 0 Å². The third-order valence-corrected chi connectivity index (χ3v) is 4.75. The minimum atomic E-state index is 0.176. The lowest BCUT2D eigenvalue weighted by Gasteiger charge is -2.44. The van der Waals surface area contributed by atoms with Gasteiger partial charge in [0, 0.05) is 51.0 Å². The molecule has 1 aromatic carbocycles. The van der Waals surface area contributed by atoms with Crippen LogP contribution in [0.25, 0.3) is 0 Å². The number of para-hydroxylation sites is 1. The molecule has 0 N–H and O–H groups in total. The van der Waals surface area contributed by atoms with Crippen molar-refractivity contribution >= 4 is 5.91 Å². The lowest BCUT2D eigenvalue weighted by Crippen LogP contribution is -2.58. The predicted molar refractivity (Wildman–Crippen MR) is 95.4 cm³/mol. The molecule has 1 fully saturated rings. The van der Waals surface area contributed by atoms with Crippen LogP contribution in [0.1, 0.15) is 25.8 Å². The molecular formula is C19H30N2O3. The van der Waals surface area contributed by atoms with E-state index in [0.29, 0.717) is 18.5 Å². The van der Waals surface area contributed by atoms with Crippen LogP contribution in [0.15, 0.2) is 24.3 Å². The summed E-state index contributed by atoms with van der Waals surface area (Å²) in [6.07, 6.45) is 1.42. The fourth-order valence-electron chi connectivity index (χ4n) is 3.52. The van der Waals surface area contributed by atoms with Crippen molar-refractivity contribution in [2.24, 2.45) is 0 Å². The molecule has 1 amide bonds. The lowest BCUT2D eigenvalue weighted by atomic mass is 10.1. The average molecular weight is 334 g/mol. The van der Waals surface area contributed by atoms with Crippen LogP contribution in [0.3, 0.4) is 0 Å². The van der Waals surface area contributed by atoms with Crippen molar-refractivity contribution < 1.29 is 14.3 Å². The summed E-state index contributed by atoms with van der Waals surface area (Å²) in [7, 11) is 3.38. The van der Waals surface area contributed by atoms with Gasteiger partial charge in [-0.15, -0.1) is 0 Å². The minimum absolute atomic E-state index is 0.176. The Morgan fingerprint density at radius 1 is 1.17 bits per heavy atom. The van der Waals surface area contributed by atoms with Crippen molar-refractivity contribution in [1.29, 1.82) is 0 Å². The molecule has 2 unspecified atom stereocenters. The lowest BCUT2D eigenvalue weighted by molar-refractivity contribution is -0.134. The molecule has 1 aromatic rings. The zero-order valence-corrected chi connectivity index (χ0v) is 15.3. The molecule has 1 aliphatic rings. The first-order chi connectivity index (χ1) is 11.6. The highest BCUT2D eigenvalue weighted by Gasteiger charge is 2.31. The van der Waals surface area contributed by atoms with Crippen molar-refractivity contribution in [3.8, 4) is 5.75 Å². The van der Waals surface area contributed by atoms with Crippen LogP contribution in [0.2, 0.25) is 0 Å². The number of rotatable bonds is 7. The summed E-state index contributed by atoms with van der Waals surface area (Å²) in [5.74, 6) is 0.958. The smallest absolute Gasteiger partial charge is 0.227 e. The third-order valence-electron chi connectivity index (χ3n) is 4.75. The first-order valence-corrected chi connectivity index (χ1v) is 8.71. The average Bonchev–Trinajstić information content (AvgIpc) is 2.57. The van der Waals surface area contributed by atoms with E-state index in [2.05, 4.69) is 18.7 Å². The maximum absolute atomic E-state index is 12.7. The van der Waals surface area contributed by atoms with Crippen molar-refractivity contribution in [2.75, 3.05) is 40.5 Å². The maximum Gasteiger partial charge on any atom is 0.227 e. The van der Waals surface area contributed by atoms with Gasteiger partial charge in [0.2, 0.25) is 5.91 Å². The van der Waals surface area contributed by atoms with Gasteiger partial charge in [0.1, 0.15) is 5.75 Å². The molecule has 0 radical (unpaired) electrons. The number of methoxy groups -OCH3 is 2. The highest BCUT2D eigenvalue weighted by molar-refractivity contribution is 5.79. The van der Waals surface area contributed by atoms with E-state index in [4.69, 9.17) is 9.47 Å². The molecule has 1 saturated heterocycles. The van der Waals surface area contributed by atoms with Gasteiger partial charge in [0.05, 0.1) is 13.5 Å². The zero-order chi connectivity index (χ0) is 17.5. The summed E-state index contributed by atoms with van der Waals surface area (Å²) in [6, 6.07) is 8.48. The van der Waals surface area contributed by atoms with Crippen LogP contribution in [-0.4, -0.2) is 68.3 Å². The van der Waals surface area contributed by atoms with Gasteiger partial charge in [-0.2, -0.15) is 0 Å². The number of piperazine rings is 1. The molecule has 1 aliphatic heterocycles. The summed E-state index contributed by atoms with van der Waals surface area (Å²) >= 11 is 0. The molecule has 0 spiro atoms. The Morgan fingerprint density at radius 2 is 1.83 bits per heavy atom. The number of ether oxygens (including phenoxy) is 2. The molecule has 0 aromatic heterocycles. The van der Waals surface area contributed by atoms with Crippen molar-refractivity contribution in [3.63, 3.8) is 0 Å². The van der Waals surface area contributed by atoms with Crippen LogP contribution in [0.5, 0.6) is 5.75 Å². The van der Waals surface area contributed by atoms with Gasteiger partial charge in [0.15, 0.2) is 0 Å². The Kier molecular flexibility index (Phi) is 7.06. The van der Waals surface area contributed by atoms with E-state index in [-0.39, 0.29) is 5.91 Å². The molecule has 2 atom stereocenters. The second kappa shape index (κ2) is 9.04. The zero-order valence-electron chi connectivity index (χ0n) is 15.3. The number of hydrogen-bond donors (Lipinski definition) is 0. The fraction of sp³-hybridized carbons (Fsp3) is 0.632. The minimum Gasteiger partial charge on any atom is -0.496 e. The van der Waals surface area contributed by atoms with E-state index in [1.807, 2.05) is 29.2 Å². The van der Waals surface area contributed by atoms with Crippen LogP contribution in [0, 0.1) is 0 Å². The van der Waals surface area contributed by atoms with Gasteiger partial charge < -0.3 is 14.4 Å². The number of carbonyl (C=O) groups excluding carboxylic acids is 1. The predicted octanol–water partition coefficient (Wildman–Crippen LogP) is 2.20. The topological polar surface area (TPSA) is 42.0 Å². The van der Waals surface area contributed by atoms with Crippen LogP contribution >= 0.6 is 0 Å². The number of nitrogens with zero attached hydrogens (tertiary/aromatic N) is 2. The highest BCUT2D eigenvalue weighted by atomic mass is 16.5. The largest absolute Gasteiger partial charge is 0.496 e. The molecule has 24 heavy (non-hydrogen) atoms. The number of amides is 1. The molecule has 1 heterocycles. The van der Waals surface area contributed by atoms with Crippen LogP contribution in [0.4, 0.5) is 0 Å². The van der Waals surface area contributed by atoms with E-state index in [1.54, 1.807) is 14.2 Å². The molecule has 0 bridgehead atoms. The van der Waals surface area contributed by atoms with Gasteiger partial charge in [-0.3, -0.25) is 9.69 Å². The first kappa shape index (κ1) is 18.7. The Labute approximate surface area is 145 Å². The van der Waals surface area contributed by atoms with E-state index in [1.165, 1.54) is 0 Å². The van der Waals surface area contributed by atoms with E-state index in [0.717, 1.165) is 44.0 Å². The number of hydrogen-bond acceptors (Lipinski definition) is 4. The first-order valence-electron chi connectivity index (χ1n) is 8.71. The summed E-state index contributed by atoms with van der Waals surface area (Å²) in [5.41, 5.74) is 0.952.